The van der Waals surface area contributed by atoms with Crippen LogP contribution in [0.5, 0.6) is 0 Å². The fraction of sp³-hybridized carbons (Fsp3) is 0.333. The fourth-order valence-corrected chi connectivity index (χ4v) is 4.11. The zero-order chi connectivity index (χ0) is 15.5. The van der Waals surface area contributed by atoms with Crippen LogP contribution in [0.4, 0.5) is 0 Å². The zero-order valence-corrected chi connectivity index (χ0v) is 13.7. The van der Waals surface area contributed by atoms with E-state index >= 15 is 0 Å². The summed E-state index contributed by atoms with van der Waals surface area (Å²) < 4.78 is 27.1. The second-order valence-corrected chi connectivity index (χ2v) is 8.06. The molecule has 0 fully saturated rings. The lowest BCUT2D eigenvalue weighted by Crippen LogP contribution is -2.22. The third kappa shape index (κ3) is 4.14. The molecule has 1 aromatic carbocycles. The van der Waals surface area contributed by atoms with E-state index in [9.17, 15) is 8.42 Å². The number of hydrogen-bond acceptors (Lipinski definition) is 4. The van der Waals surface area contributed by atoms with Crippen LogP contribution in [-0.2, 0) is 23.2 Å². The van der Waals surface area contributed by atoms with Gasteiger partial charge in [0.05, 0.1) is 6.61 Å². The second kappa shape index (κ2) is 6.70. The Morgan fingerprint density at radius 2 is 1.86 bits per heavy atom. The molecule has 0 spiro atoms. The van der Waals surface area contributed by atoms with Crippen LogP contribution >= 0.6 is 11.3 Å². The number of rotatable bonds is 6. The van der Waals surface area contributed by atoms with Gasteiger partial charge in [-0.2, -0.15) is 0 Å². The summed E-state index contributed by atoms with van der Waals surface area (Å²) in [5, 5.41) is 10.6. The van der Waals surface area contributed by atoms with Crippen molar-refractivity contribution in [3.63, 3.8) is 0 Å². The third-order valence-electron chi connectivity index (χ3n) is 3.19. The Balaban J connectivity index is 2.04. The van der Waals surface area contributed by atoms with Crippen LogP contribution in [0.2, 0.25) is 0 Å². The molecular formula is C15H19NO3S2. The number of aliphatic hydroxyl groups excluding tert-OH is 1. The summed E-state index contributed by atoms with van der Waals surface area (Å²) in [5.41, 5.74) is 2.76. The number of benzene rings is 1. The Morgan fingerprint density at radius 3 is 2.38 bits per heavy atom. The quantitative estimate of drug-likeness (QED) is 0.858. The maximum atomic E-state index is 12.1. The number of sulfonamides is 1. The van der Waals surface area contributed by atoms with Gasteiger partial charge in [0.1, 0.15) is 4.21 Å². The van der Waals surface area contributed by atoms with Gasteiger partial charge >= 0.3 is 0 Å². The molecule has 0 aliphatic carbocycles. The lowest BCUT2D eigenvalue weighted by atomic mass is 10.0. The number of nitrogens with one attached hydrogen (secondary N) is 1. The van der Waals surface area contributed by atoms with Gasteiger partial charge in [0.25, 0.3) is 0 Å². The SMILES string of the molecule is CC(C)c1ccc(CNS(=O)(=O)c2cc(CO)cs2)cc1. The van der Waals surface area contributed by atoms with Crippen molar-refractivity contribution < 1.29 is 13.5 Å². The minimum atomic E-state index is -3.52. The van der Waals surface area contributed by atoms with Gasteiger partial charge in [-0.15, -0.1) is 11.3 Å². The van der Waals surface area contributed by atoms with Crippen molar-refractivity contribution in [3.05, 3.63) is 52.4 Å². The van der Waals surface area contributed by atoms with Gasteiger partial charge < -0.3 is 5.11 Å². The molecule has 2 aromatic rings. The summed E-state index contributed by atoms with van der Waals surface area (Å²) in [7, 11) is -3.52. The molecular weight excluding hydrogens is 306 g/mol. The van der Waals surface area contributed by atoms with E-state index in [2.05, 4.69) is 18.6 Å². The first-order valence-corrected chi connectivity index (χ1v) is 9.05. The topological polar surface area (TPSA) is 66.4 Å². The summed E-state index contributed by atoms with van der Waals surface area (Å²) in [4.78, 5) is 0. The lowest BCUT2D eigenvalue weighted by Gasteiger charge is -2.08. The van der Waals surface area contributed by atoms with Crippen LogP contribution in [-0.4, -0.2) is 13.5 Å². The average Bonchev–Trinajstić information content (AvgIpc) is 2.95. The van der Waals surface area contributed by atoms with E-state index in [0.717, 1.165) is 16.9 Å². The monoisotopic (exact) mass is 325 g/mol. The maximum Gasteiger partial charge on any atom is 0.250 e. The van der Waals surface area contributed by atoms with E-state index in [0.29, 0.717) is 11.5 Å². The minimum absolute atomic E-state index is 0.150. The Morgan fingerprint density at radius 1 is 1.19 bits per heavy atom. The third-order valence-corrected chi connectivity index (χ3v) is 6.08. The second-order valence-electron chi connectivity index (χ2n) is 5.15. The summed E-state index contributed by atoms with van der Waals surface area (Å²) in [6.45, 7) is 4.34. The Bertz CT molecular complexity index is 688. The first kappa shape index (κ1) is 16.2. The van der Waals surface area contributed by atoms with E-state index in [1.165, 1.54) is 11.6 Å². The standard InChI is InChI=1S/C15H19NO3S2/c1-11(2)14-5-3-12(4-6-14)8-16-21(18,19)15-7-13(9-17)10-20-15/h3-7,10-11,16-17H,8-9H2,1-2H3. The molecule has 0 aliphatic rings. The molecule has 0 atom stereocenters. The van der Waals surface area contributed by atoms with Crippen molar-refractivity contribution in [2.75, 3.05) is 0 Å². The largest absolute Gasteiger partial charge is 0.392 e. The highest BCUT2D eigenvalue weighted by atomic mass is 32.2. The molecule has 0 unspecified atom stereocenters. The summed E-state index contributed by atoms with van der Waals surface area (Å²) in [6.07, 6.45) is 0. The highest BCUT2D eigenvalue weighted by Crippen LogP contribution is 2.20. The summed E-state index contributed by atoms with van der Waals surface area (Å²) in [6, 6.07) is 9.40. The van der Waals surface area contributed by atoms with Gasteiger partial charge in [-0.1, -0.05) is 38.1 Å². The maximum absolute atomic E-state index is 12.1. The molecule has 0 bridgehead atoms. The molecule has 4 nitrogen and oxygen atoms in total. The van der Waals surface area contributed by atoms with Gasteiger partial charge in [0.15, 0.2) is 0 Å². The van der Waals surface area contributed by atoms with Crippen molar-refractivity contribution in [2.24, 2.45) is 0 Å². The molecule has 21 heavy (non-hydrogen) atoms. The van der Waals surface area contributed by atoms with Crippen molar-refractivity contribution in [2.45, 2.75) is 37.1 Å². The fourth-order valence-electron chi connectivity index (χ4n) is 1.85. The van der Waals surface area contributed by atoms with Crippen LogP contribution in [0.15, 0.2) is 39.9 Å². The van der Waals surface area contributed by atoms with Gasteiger partial charge in [-0.25, -0.2) is 13.1 Å². The van der Waals surface area contributed by atoms with Crippen molar-refractivity contribution in [1.29, 1.82) is 0 Å². The highest BCUT2D eigenvalue weighted by molar-refractivity contribution is 7.91. The van der Waals surface area contributed by atoms with Gasteiger partial charge in [0, 0.05) is 6.54 Å². The van der Waals surface area contributed by atoms with Gasteiger partial charge in [-0.3, -0.25) is 0 Å². The van der Waals surface area contributed by atoms with Gasteiger partial charge in [-0.05, 0) is 34.1 Å². The molecule has 1 heterocycles. The molecule has 0 aliphatic heterocycles. The van der Waals surface area contributed by atoms with Crippen LogP contribution in [0, 0.1) is 0 Å². The number of hydrogen-bond donors (Lipinski definition) is 2. The van der Waals surface area contributed by atoms with E-state index < -0.39 is 10.0 Å². The molecule has 2 N–H and O–H groups in total. The van der Waals surface area contributed by atoms with Gasteiger partial charge in [0.2, 0.25) is 10.0 Å². The zero-order valence-electron chi connectivity index (χ0n) is 12.0. The van der Waals surface area contributed by atoms with Crippen LogP contribution in [0.1, 0.15) is 36.5 Å². The molecule has 0 saturated heterocycles. The predicted molar refractivity (Wildman–Crippen MR) is 84.8 cm³/mol. The average molecular weight is 325 g/mol. The van der Waals surface area contributed by atoms with Crippen molar-refractivity contribution in [1.82, 2.24) is 4.72 Å². The van der Waals surface area contributed by atoms with Crippen molar-refractivity contribution >= 4 is 21.4 Å². The smallest absolute Gasteiger partial charge is 0.250 e. The number of thiophene rings is 1. The van der Waals surface area contributed by atoms with Crippen molar-refractivity contribution in [3.8, 4) is 0 Å². The van der Waals surface area contributed by atoms with E-state index in [1.807, 2.05) is 24.3 Å². The predicted octanol–water partition coefficient (Wildman–Crippen LogP) is 2.84. The van der Waals surface area contributed by atoms with E-state index in [-0.39, 0.29) is 17.4 Å². The van der Waals surface area contributed by atoms with E-state index in [4.69, 9.17) is 5.11 Å². The minimum Gasteiger partial charge on any atom is -0.392 e. The lowest BCUT2D eigenvalue weighted by molar-refractivity contribution is 0.282. The normalized spacial score (nSPS) is 12.0. The van der Waals surface area contributed by atoms with Crippen LogP contribution < -0.4 is 4.72 Å². The molecule has 0 amide bonds. The Kier molecular flexibility index (Phi) is 5.16. The summed E-state index contributed by atoms with van der Waals surface area (Å²) in [5.74, 6) is 0.457. The molecule has 2 rings (SSSR count). The Hall–Kier alpha value is -1.21. The van der Waals surface area contributed by atoms with E-state index in [1.54, 1.807) is 5.38 Å². The van der Waals surface area contributed by atoms with Crippen LogP contribution in [0.3, 0.4) is 0 Å². The number of aliphatic hydroxyl groups is 1. The molecule has 0 saturated carbocycles. The molecule has 1 aromatic heterocycles. The molecule has 6 heteroatoms. The first-order chi connectivity index (χ1) is 9.92. The van der Waals surface area contributed by atoms with Crippen LogP contribution in [0.25, 0.3) is 0 Å². The highest BCUT2D eigenvalue weighted by Gasteiger charge is 2.16. The summed E-state index contributed by atoms with van der Waals surface area (Å²) >= 11 is 1.11. The molecule has 114 valence electrons. The first-order valence-electron chi connectivity index (χ1n) is 6.69. The Labute approximate surface area is 129 Å². The molecule has 0 radical (unpaired) electrons.